The number of hydrogen-bond donors (Lipinski definition) is 2. The van der Waals surface area contributed by atoms with E-state index >= 15 is 0 Å². The van der Waals surface area contributed by atoms with E-state index in [1.54, 1.807) is 18.2 Å². The van der Waals surface area contributed by atoms with Crippen LogP contribution in [-0.4, -0.2) is 25.0 Å². The van der Waals surface area contributed by atoms with Crippen LogP contribution in [0.3, 0.4) is 0 Å². The molecular weight excluding hydrogens is 271 g/mol. The first kappa shape index (κ1) is 13.7. The van der Waals surface area contributed by atoms with Gasteiger partial charge in [-0.1, -0.05) is 35.7 Å². The molecule has 0 bridgehead atoms. The summed E-state index contributed by atoms with van der Waals surface area (Å²) >= 11 is 12.0. The van der Waals surface area contributed by atoms with Crippen molar-refractivity contribution in [2.45, 2.75) is 25.3 Å². The second-order valence-corrected chi connectivity index (χ2v) is 5.27. The lowest BCUT2D eigenvalue weighted by atomic mass is 10.1. The van der Waals surface area contributed by atoms with Crippen molar-refractivity contribution in [2.24, 2.45) is 0 Å². The zero-order chi connectivity index (χ0) is 13.0. The average Bonchev–Trinajstić information content (AvgIpc) is 2.37. The zero-order valence-corrected chi connectivity index (χ0v) is 11.5. The second kappa shape index (κ2) is 6.41. The van der Waals surface area contributed by atoms with Gasteiger partial charge in [-0.05, 0) is 31.5 Å². The van der Waals surface area contributed by atoms with E-state index in [-0.39, 0.29) is 5.91 Å². The van der Waals surface area contributed by atoms with Crippen molar-refractivity contribution in [1.82, 2.24) is 10.6 Å². The van der Waals surface area contributed by atoms with Gasteiger partial charge in [-0.25, -0.2) is 0 Å². The Bertz CT molecular complexity index is 411. The smallest absolute Gasteiger partial charge is 0.254 e. The fourth-order valence-electron chi connectivity index (χ4n) is 2.12. The number of hydrogen-bond acceptors (Lipinski definition) is 2. The molecule has 1 aliphatic heterocycles. The van der Waals surface area contributed by atoms with Crippen LogP contribution in [0.5, 0.6) is 0 Å². The number of halogens is 2. The van der Waals surface area contributed by atoms with Gasteiger partial charge >= 0.3 is 0 Å². The quantitative estimate of drug-likeness (QED) is 0.897. The summed E-state index contributed by atoms with van der Waals surface area (Å²) < 4.78 is 0. The highest BCUT2D eigenvalue weighted by atomic mass is 35.5. The van der Waals surface area contributed by atoms with E-state index in [0.29, 0.717) is 28.2 Å². The van der Waals surface area contributed by atoms with Gasteiger partial charge in [0, 0.05) is 12.6 Å². The topological polar surface area (TPSA) is 41.1 Å². The molecule has 1 fully saturated rings. The predicted octanol–water partition coefficient (Wildman–Crippen LogP) is 2.87. The van der Waals surface area contributed by atoms with Crippen LogP contribution in [0.2, 0.25) is 10.0 Å². The van der Waals surface area contributed by atoms with Gasteiger partial charge in [0.15, 0.2) is 0 Å². The first-order valence-corrected chi connectivity index (χ1v) is 6.89. The summed E-state index contributed by atoms with van der Waals surface area (Å²) in [5.41, 5.74) is 0.358. The summed E-state index contributed by atoms with van der Waals surface area (Å²) in [5.74, 6) is -0.210. The van der Waals surface area contributed by atoms with E-state index in [1.807, 2.05) is 0 Å². The Morgan fingerprint density at radius 1 is 1.33 bits per heavy atom. The highest BCUT2D eigenvalue weighted by Gasteiger charge is 2.17. The molecule has 3 nitrogen and oxygen atoms in total. The highest BCUT2D eigenvalue weighted by Crippen LogP contribution is 2.23. The maximum atomic E-state index is 12.0. The molecule has 1 heterocycles. The zero-order valence-electron chi connectivity index (χ0n) is 10.0. The number of carbonyl (C=O) groups is 1. The first-order valence-electron chi connectivity index (χ1n) is 6.14. The summed E-state index contributed by atoms with van der Waals surface area (Å²) in [5, 5.41) is 7.03. The molecular formula is C13H16Cl2N2O. The fraction of sp³-hybridized carbons (Fsp3) is 0.462. The lowest BCUT2D eigenvalue weighted by molar-refractivity contribution is 0.0948. The van der Waals surface area contributed by atoms with Crippen molar-refractivity contribution in [1.29, 1.82) is 0 Å². The SMILES string of the molecule is O=C(NCC1CCCCN1)c1c(Cl)cccc1Cl. The van der Waals surface area contributed by atoms with Gasteiger partial charge in [0.1, 0.15) is 0 Å². The van der Waals surface area contributed by atoms with Crippen LogP contribution in [0.4, 0.5) is 0 Å². The number of piperidine rings is 1. The predicted molar refractivity (Wildman–Crippen MR) is 74.4 cm³/mol. The summed E-state index contributed by atoms with van der Waals surface area (Å²) in [4.78, 5) is 12.0. The fourth-order valence-corrected chi connectivity index (χ4v) is 2.69. The van der Waals surface area contributed by atoms with E-state index in [2.05, 4.69) is 10.6 Å². The third-order valence-electron chi connectivity index (χ3n) is 3.11. The van der Waals surface area contributed by atoms with Crippen LogP contribution in [-0.2, 0) is 0 Å². The molecule has 0 saturated carbocycles. The number of benzene rings is 1. The Morgan fingerprint density at radius 3 is 2.67 bits per heavy atom. The average molecular weight is 287 g/mol. The molecule has 0 spiro atoms. The molecule has 98 valence electrons. The lowest BCUT2D eigenvalue weighted by Gasteiger charge is -2.23. The Kier molecular flexibility index (Phi) is 4.87. The van der Waals surface area contributed by atoms with Gasteiger partial charge in [0.2, 0.25) is 0 Å². The molecule has 5 heteroatoms. The van der Waals surface area contributed by atoms with Gasteiger partial charge in [-0.2, -0.15) is 0 Å². The molecule has 18 heavy (non-hydrogen) atoms. The number of amides is 1. The molecule has 0 aromatic heterocycles. The van der Waals surface area contributed by atoms with Crippen LogP contribution >= 0.6 is 23.2 Å². The molecule has 0 radical (unpaired) electrons. The molecule has 2 rings (SSSR count). The van der Waals surface area contributed by atoms with Crippen LogP contribution in [0.1, 0.15) is 29.6 Å². The van der Waals surface area contributed by atoms with Gasteiger partial charge in [0.05, 0.1) is 15.6 Å². The van der Waals surface area contributed by atoms with Crippen molar-refractivity contribution >= 4 is 29.1 Å². The van der Waals surface area contributed by atoms with E-state index in [1.165, 1.54) is 12.8 Å². The van der Waals surface area contributed by atoms with Gasteiger partial charge < -0.3 is 10.6 Å². The van der Waals surface area contributed by atoms with Crippen LogP contribution < -0.4 is 10.6 Å². The standard InChI is InChI=1S/C13H16Cl2N2O/c14-10-5-3-6-11(15)12(10)13(18)17-8-9-4-1-2-7-16-9/h3,5-6,9,16H,1-2,4,7-8H2,(H,17,18). The third-order valence-corrected chi connectivity index (χ3v) is 3.74. The molecule has 1 unspecified atom stereocenters. The molecule has 0 aliphatic carbocycles. The number of carbonyl (C=O) groups excluding carboxylic acids is 1. The van der Waals surface area contributed by atoms with E-state index in [0.717, 1.165) is 13.0 Å². The Morgan fingerprint density at radius 2 is 2.06 bits per heavy atom. The molecule has 1 saturated heterocycles. The van der Waals surface area contributed by atoms with E-state index in [9.17, 15) is 4.79 Å². The molecule has 1 aromatic carbocycles. The third kappa shape index (κ3) is 3.37. The Labute approximate surface area is 117 Å². The second-order valence-electron chi connectivity index (χ2n) is 4.45. The van der Waals surface area contributed by atoms with Crippen molar-refractivity contribution < 1.29 is 4.79 Å². The van der Waals surface area contributed by atoms with Crippen LogP contribution in [0.15, 0.2) is 18.2 Å². The summed E-state index contributed by atoms with van der Waals surface area (Å²) in [6, 6.07) is 5.41. The Hall–Kier alpha value is -0.770. The number of nitrogens with one attached hydrogen (secondary N) is 2. The largest absolute Gasteiger partial charge is 0.350 e. The van der Waals surface area contributed by atoms with Crippen LogP contribution in [0.25, 0.3) is 0 Å². The molecule has 2 N–H and O–H groups in total. The summed E-state index contributed by atoms with van der Waals surface area (Å²) in [7, 11) is 0. The van der Waals surface area contributed by atoms with Crippen molar-refractivity contribution in [3.05, 3.63) is 33.8 Å². The minimum atomic E-state index is -0.210. The molecule has 1 aromatic rings. The minimum absolute atomic E-state index is 0.210. The molecule has 1 aliphatic rings. The van der Waals surface area contributed by atoms with E-state index in [4.69, 9.17) is 23.2 Å². The molecule has 1 amide bonds. The normalized spacial score (nSPS) is 19.6. The molecule has 1 atom stereocenters. The van der Waals surface area contributed by atoms with Crippen molar-refractivity contribution in [3.63, 3.8) is 0 Å². The summed E-state index contributed by atoms with van der Waals surface area (Å²) in [6.07, 6.45) is 3.51. The van der Waals surface area contributed by atoms with Gasteiger partial charge in [-0.15, -0.1) is 0 Å². The number of rotatable bonds is 3. The van der Waals surface area contributed by atoms with E-state index < -0.39 is 0 Å². The Balaban J connectivity index is 1.95. The van der Waals surface area contributed by atoms with Gasteiger partial charge in [-0.3, -0.25) is 4.79 Å². The monoisotopic (exact) mass is 286 g/mol. The summed E-state index contributed by atoms with van der Waals surface area (Å²) in [6.45, 7) is 1.63. The lowest BCUT2D eigenvalue weighted by Crippen LogP contribution is -2.43. The van der Waals surface area contributed by atoms with Gasteiger partial charge in [0.25, 0.3) is 5.91 Å². The highest BCUT2D eigenvalue weighted by molar-refractivity contribution is 6.39. The maximum Gasteiger partial charge on any atom is 0.254 e. The van der Waals surface area contributed by atoms with Crippen LogP contribution in [0, 0.1) is 0 Å². The minimum Gasteiger partial charge on any atom is -0.350 e. The maximum absolute atomic E-state index is 12.0. The first-order chi connectivity index (χ1) is 8.68. The van der Waals surface area contributed by atoms with Crippen molar-refractivity contribution in [2.75, 3.05) is 13.1 Å². The van der Waals surface area contributed by atoms with Crippen molar-refractivity contribution in [3.8, 4) is 0 Å².